The van der Waals surface area contributed by atoms with Crippen LogP contribution in [0, 0.1) is 11.8 Å². The maximum Gasteiger partial charge on any atom is 0.290 e. The molecule has 1 aliphatic rings. The molecule has 9 heteroatoms. The van der Waals surface area contributed by atoms with E-state index in [0.717, 1.165) is 0 Å². The molecule has 160 valence electrons. The van der Waals surface area contributed by atoms with E-state index in [1.807, 2.05) is 6.07 Å². The van der Waals surface area contributed by atoms with Gasteiger partial charge < -0.3 is 20.3 Å². The van der Waals surface area contributed by atoms with Crippen LogP contribution in [-0.4, -0.2) is 36.3 Å². The van der Waals surface area contributed by atoms with Crippen LogP contribution in [-0.2, 0) is 15.1 Å². The summed E-state index contributed by atoms with van der Waals surface area (Å²) in [5.41, 5.74) is 6.97. The van der Waals surface area contributed by atoms with Crippen LogP contribution < -0.4 is 10.5 Å². The minimum Gasteiger partial charge on any atom is -0.494 e. The number of nitrogens with zero attached hydrogens (tertiary/aromatic N) is 2. The highest BCUT2D eigenvalue weighted by atomic mass is 19.1. The van der Waals surface area contributed by atoms with Crippen LogP contribution >= 0.6 is 0 Å². The molecule has 0 radical (unpaired) electrons. The van der Waals surface area contributed by atoms with Crippen LogP contribution in [0.15, 0.2) is 65.8 Å². The second-order valence-corrected chi connectivity index (χ2v) is 6.48. The van der Waals surface area contributed by atoms with Gasteiger partial charge in [0.15, 0.2) is 17.1 Å². The summed E-state index contributed by atoms with van der Waals surface area (Å²) >= 11 is 0. The van der Waals surface area contributed by atoms with Gasteiger partial charge in [-0.2, -0.15) is 4.39 Å². The standard InChI is InChI=1S/C21H17F2N3O2.CH2O2/c1-27-18-8-7-15(11-17(18)22)21(12-28-20(24)26-21)14-5-2-4-13(10-14)16-6-3-9-25-19(16)23;2-1-3/h2-11H,12H2,1H3,(H2,24,26);1H,(H,2,3). The second kappa shape index (κ2) is 9.21. The van der Waals surface area contributed by atoms with Crippen molar-refractivity contribution in [2.45, 2.75) is 5.54 Å². The number of ether oxygens (including phenoxy) is 2. The lowest BCUT2D eigenvalue weighted by atomic mass is 9.83. The van der Waals surface area contributed by atoms with Crippen molar-refractivity contribution in [3.05, 3.63) is 83.7 Å². The lowest BCUT2D eigenvalue weighted by Gasteiger charge is -2.26. The summed E-state index contributed by atoms with van der Waals surface area (Å²) in [5, 5.41) is 6.89. The fourth-order valence-corrected chi connectivity index (χ4v) is 3.36. The lowest BCUT2D eigenvalue weighted by Crippen LogP contribution is -2.27. The van der Waals surface area contributed by atoms with Gasteiger partial charge in [-0.05, 0) is 47.0 Å². The van der Waals surface area contributed by atoms with Crippen LogP contribution in [0.3, 0.4) is 0 Å². The van der Waals surface area contributed by atoms with E-state index in [4.69, 9.17) is 25.1 Å². The number of benzene rings is 2. The Morgan fingerprint density at radius 3 is 2.52 bits per heavy atom. The molecule has 2 aromatic carbocycles. The quantitative estimate of drug-likeness (QED) is 0.489. The Morgan fingerprint density at radius 2 is 1.90 bits per heavy atom. The molecule has 7 nitrogen and oxygen atoms in total. The summed E-state index contributed by atoms with van der Waals surface area (Å²) in [7, 11) is 1.40. The SMILES string of the molecule is COc1ccc(C2(c3cccc(-c4cccnc4F)c3)COC(N)=N2)cc1F.O=CO. The summed E-state index contributed by atoms with van der Waals surface area (Å²) in [5.74, 6) is -0.967. The number of carbonyl (C=O) groups is 1. The Kier molecular flexibility index (Phi) is 6.44. The van der Waals surface area contributed by atoms with E-state index in [2.05, 4.69) is 9.98 Å². The molecule has 0 fully saturated rings. The molecule has 1 atom stereocenters. The molecule has 1 aliphatic heterocycles. The van der Waals surface area contributed by atoms with Gasteiger partial charge in [-0.25, -0.2) is 14.4 Å². The van der Waals surface area contributed by atoms with Crippen molar-refractivity contribution in [3.63, 3.8) is 0 Å². The highest BCUT2D eigenvalue weighted by molar-refractivity contribution is 5.76. The van der Waals surface area contributed by atoms with E-state index < -0.39 is 17.3 Å². The monoisotopic (exact) mass is 427 g/mol. The van der Waals surface area contributed by atoms with Gasteiger partial charge in [0.2, 0.25) is 5.95 Å². The van der Waals surface area contributed by atoms with Crippen molar-refractivity contribution in [3.8, 4) is 16.9 Å². The molecule has 0 saturated carbocycles. The number of pyridine rings is 1. The maximum absolute atomic E-state index is 14.4. The number of amidine groups is 1. The summed E-state index contributed by atoms with van der Waals surface area (Å²) < 4.78 is 39.0. The third-order valence-electron chi connectivity index (χ3n) is 4.77. The third-order valence-corrected chi connectivity index (χ3v) is 4.77. The van der Waals surface area contributed by atoms with E-state index >= 15 is 0 Å². The van der Waals surface area contributed by atoms with Gasteiger partial charge in [-0.3, -0.25) is 4.79 Å². The highest BCUT2D eigenvalue weighted by Gasteiger charge is 2.40. The average molecular weight is 427 g/mol. The predicted molar refractivity (Wildman–Crippen MR) is 110 cm³/mol. The topological polar surface area (TPSA) is 107 Å². The Morgan fingerprint density at radius 1 is 1.16 bits per heavy atom. The summed E-state index contributed by atoms with van der Waals surface area (Å²) in [6.07, 6.45) is 1.39. The van der Waals surface area contributed by atoms with E-state index in [1.54, 1.807) is 36.4 Å². The molecule has 0 bridgehead atoms. The first-order chi connectivity index (χ1) is 14.9. The van der Waals surface area contributed by atoms with Crippen LogP contribution in [0.1, 0.15) is 11.1 Å². The first-order valence-corrected chi connectivity index (χ1v) is 9.06. The number of rotatable bonds is 4. The van der Waals surface area contributed by atoms with E-state index in [1.165, 1.54) is 25.4 Å². The van der Waals surface area contributed by atoms with Crippen LogP contribution in [0.25, 0.3) is 11.1 Å². The number of nitrogens with two attached hydrogens (primary N) is 1. The molecule has 2 heterocycles. The van der Waals surface area contributed by atoms with Crippen molar-refractivity contribution in [1.82, 2.24) is 4.98 Å². The zero-order chi connectivity index (χ0) is 22.4. The molecule has 1 aromatic heterocycles. The number of hydrogen-bond acceptors (Lipinski definition) is 6. The smallest absolute Gasteiger partial charge is 0.290 e. The van der Waals surface area contributed by atoms with Crippen molar-refractivity contribution in [2.24, 2.45) is 10.7 Å². The second-order valence-electron chi connectivity index (χ2n) is 6.48. The Bertz CT molecular complexity index is 1120. The average Bonchev–Trinajstić information content (AvgIpc) is 3.17. The number of aliphatic imine (C=N–C) groups is 1. The first kappa shape index (κ1) is 21.7. The van der Waals surface area contributed by atoms with Crippen molar-refractivity contribution < 1.29 is 28.2 Å². The Balaban J connectivity index is 0.000000858. The van der Waals surface area contributed by atoms with Crippen LogP contribution in [0.2, 0.25) is 0 Å². The van der Waals surface area contributed by atoms with Gasteiger partial charge in [0.1, 0.15) is 6.61 Å². The van der Waals surface area contributed by atoms with Gasteiger partial charge in [-0.15, -0.1) is 0 Å². The number of aromatic nitrogens is 1. The van der Waals surface area contributed by atoms with Crippen molar-refractivity contribution >= 4 is 12.5 Å². The largest absolute Gasteiger partial charge is 0.494 e. The molecule has 4 rings (SSSR count). The maximum atomic E-state index is 14.4. The lowest BCUT2D eigenvalue weighted by molar-refractivity contribution is -0.122. The van der Waals surface area contributed by atoms with Crippen molar-refractivity contribution in [2.75, 3.05) is 13.7 Å². The van der Waals surface area contributed by atoms with E-state index in [9.17, 15) is 8.78 Å². The van der Waals surface area contributed by atoms with Gasteiger partial charge in [0.25, 0.3) is 12.5 Å². The molecule has 31 heavy (non-hydrogen) atoms. The van der Waals surface area contributed by atoms with Crippen molar-refractivity contribution in [1.29, 1.82) is 0 Å². The molecule has 3 N–H and O–H groups in total. The molecule has 0 saturated heterocycles. The Hall–Kier alpha value is -4.01. The summed E-state index contributed by atoms with van der Waals surface area (Å²) in [6.45, 7) is -0.149. The Labute approximate surface area is 176 Å². The summed E-state index contributed by atoms with van der Waals surface area (Å²) in [4.78, 5) is 16.5. The third kappa shape index (κ3) is 4.30. The number of methoxy groups -OCH3 is 1. The molecular formula is C22H19F2N3O4. The molecule has 1 unspecified atom stereocenters. The molecule has 0 aliphatic carbocycles. The molecular weight excluding hydrogens is 408 g/mol. The predicted octanol–water partition coefficient (Wildman–Crippen LogP) is 3.32. The number of hydrogen-bond donors (Lipinski definition) is 2. The minimum atomic E-state index is -1.05. The molecule has 3 aromatic rings. The fourth-order valence-electron chi connectivity index (χ4n) is 3.36. The number of halogens is 2. The van der Waals surface area contributed by atoms with Gasteiger partial charge in [-0.1, -0.05) is 24.3 Å². The van der Waals surface area contributed by atoms with Gasteiger partial charge in [0, 0.05) is 11.8 Å². The summed E-state index contributed by atoms with van der Waals surface area (Å²) in [6, 6.07) is 15.1. The van der Waals surface area contributed by atoms with E-state index in [0.29, 0.717) is 22.3 Å². The van der Waals surface area contributed by atoms with E-state index in [-0.39, 0.29) is 24.9 Å². The van der Waals surface area contributed by atoms with Crippen LogP contribution in [0.5, 0.6) is 5.75 Å². The highest BCUT2D eigenvalue weighted by Crippen LogP contribution is 2.40. The zero-order valence-corrected chi connectivity index (χ0v) is 16.5. The normalized spacial score (nSPS) is 17.1. The molecule has 0 spiro atoms. The minimum absolute atomic E-state index is 0.00851. The molecule has 0 amide bonds. The van der Waals surface area contributed by atoms with Gasteiger partial charge >= 0.3 is 0 Å². The van der Waals surface area contributed by atoms with Crippen LogP contribution in [0.4, 0.5) is 8.78 Å². The van der Waals surface area contributed by atoms with Gasteiger partial charge in [0.05, 0.1) is 7.11 Å². The zero-order valence-electron chi connectivity index (χ0n) is 16.5. The fraction of sp³-hybridized carbons (Fsp3) is 0.136. The first-order valence-electron chi connectivity index (χ1n) is 9.06. The number of carboxylic acid groups (broad SMARTS) is 1.